The molecule has 0 radical (unpaired) electrons. The lowest BCUT2D eigenvalue weighted by Crippen LogP contribution is -2.40. The summed E-state index contributed by atoms with van der Waals surface area (Å²) in [4.78, 5) is 28.3. The van der Waals surface area contributed by atoms with E-state index in [2.05, 4.69) is 54.1 Å². The molecule has 4 heteroatoms. The third-order valence-electron chi connectivity index (χ3n) is 6.88. The number of rotatable bonds is 3. The van der Waals surface area contributed by atoms with Crippen LogP contribution >= 0.6 is 15.9 Å². The van der Waals surface area contributed by atoms with E-state index in [1.54, 1.807) is 4.90 Å². The molecular formula is C21H22BrNO2. The Morgan fingerprint density at radius 2 is 1.44 bits per heavy atom. The summed E-state index contributed by atoms with van der Waals surface area (Å²) in [5.74, 6) is 1.72. The molecule has 1 aliphatic heterocycles. The average molecular weight is 400 g/mol. The fourth-order valence-corrected chi connectivity index (χ4v) is 6.27. The van der Waals surface area contributed by atoms with E-state index < -0.39 is 0 Å². The minimum absolute atomic E-state index is 0.0476. The van der Waals surface area contributed by atoms with Crippen molar-refractivity contribution in [3.8, 4) is 0 Å². The zero-order valence-corrected chi connectivity index (χ0v) is 16.1. The first kappa shape index (κ1) is 15.8. The number of allylic oxidation sites excluding steroid dienone is 2. The molecule has 4 aliphatic carbocycles. The van der Waals surface area contributed by atoms with Gasteiger partial charge in [-0.3, -0.25) is 9.59 Å². The van der Waals surface area contributed by atoms with Crippen molar-refractivity contribution in [2.24, 2.45) is 35.5 Å². The number of aryl methyl sites for hydroxylation is 2. The molecule has 5 aliphatic rings. The van der Waals surface area contributed by atoms with Gasteiger partial charge in [0.2, 0.25) is 11.8 Å². The van der Waals surface area contributed by atoms with Crippen LogP contribution in [-0.2, 0) is 22.4 Å². The lowest BCUT2D eigenvalue weighted by atomic mass is 9.63. The number of halogens is 1. The molecule has 0 N–H and O–H groups in total. The summed E-state index contributed by atoms with van der Waals surface area (Å²) in [7, 11) is 0. The summed E-state index contributed by atoms with van der Waals surface area (Å²) in [6.45, 7) is 4.17. The van der Waals surface area contributed by atoms with Crippen LogP contribution in [0.15, 0.2) is 28.8 Å². The molecule has 2 saturated carbocycles. The van der Waals surface area contributed by atoms with Gasteiger partial charge in [0, 0.05) is 4.47 Å². The van der Waals surface area contributed by atoms with Gasteiger partial charge in [-0.25, -0.2) is 4.90 Å². The van der Waals surface area contributed by atoms with Crippen LogP contribution < -0.4 is 4.90 Å². The van der Waals surface area contributed by atoms with E-state index >= 15 is 0 Å². The molecule has 0 unspecified atom stereocenters. The minimum Gasteiger partial charge on any atom is -0.274 e. The van der Waals surface area contributed by atoms with E-state index in [9.17, 15) is 9.59 Å². The Morgan fingerprint density at radius 1 is 0.960 bits per heavy atom. The van der Waals surface area contributed by atoms with Crippen molar-refractivity contribution in [1.82, 2.24) is 0 Å². The van der Waals surface area contributed by atoms with E-state index in [4.69, 9.17) is 0 Å². The maximum absolute atomic E-state index is 13.4. The number of imide groups is 1. The summed E-state index contributed by atoms with van der Waals surface area (Å²) in [6.07, 6.45) is 7.29. The monoisotopic (exact) mass is 399 g/mol. The van der Waals surface area contributed by atoms with Crippen LogP contribution in [0.3, 0.4) is 0 Å². The minimum atomic E-state index is -0.121. The third-order valence-corrected chi connectivity index (χ3v) is 7.34. The molecule has 1 aromatic carbocycles. The van der Waals surface area contributed by atoms with Crippen molar-refractivity contribution < 1.29 is 9.59 Å². The standard InChI is InChI=1S/C21H22BrNO2/c1-3-10-7-12(22)8-11(4-2)19(10)23-20(24)17-13-5-6-14(16-9-15(13)16)18(17)21(23)25/h5-8,13-18H,3-4,9H2,1-2H3/t13-,14-,15-,16-,17+,18+/m0/s1. The zero-order chi connectivity index (χ0) is 17.5. The number of nitrogens with zero attached hydrogens (tertiary/aromatic N) is 1. The van der Waals surface area contributed by atoms with Crippen molar-refractivity contribution in [3.05, 3.63) is 39.9 Å². The molecule has 1 aromatic rings. The Kier molecular flexibility index (Phi) is 3.35. The second kappa shape index (κ2) is 5.29. The van der Waals surface area contributed by atoms with Gasteiger partial charge in [-0.1, -0.05) is 41.9 Å². The first-order chi connectivity index (χ1) is 12.1. The van der Waals surface area contributed by atoms with Crippen LogP contribution in [0.4, 0.5) is 5.69 Å². The number of carbonyl (C=O) groups excluding carboxylic acids is 2. The van der Waals surface area contributed by atoms with Gasteiger partial charge in [-0.2, -0.15) is 0 Å². The normalized spacial score (nSPS) is 37.5. The van der Waals surface area contributed by atoms with Crippen molar-refractivity contribution in [2.75, 3.05) is 4.90 Å². The Balaban J connectivity index is 1.63. The number of carbonyl (C=O) groups is 2. The lowest BCUT2D eigenvalue weighted by molar-refractivity contribution is -0.124. The predicted octanol–water partition coefficient (Wildman–Crippen LogP) is 4.13. The highest BCUT2D eigenvalue weighted by molar-refractivity contribution is 9.10. The van der Waals surface area contributed by atoms with Crippen LogP contribution in [-0.4, -0.2) is 11.8 Å². The van der Waals surface area contributed by atoms with Gasteiger partial charge in [-0.15, -0.1) is 0 Å². The first-order valence-corrected chi connectivity index (χ1v) is 10.2. The quantitative estimate of drug-likeness (QED) is 0.565. The van der Waals surface area contributed by atoms with E-state index in [1.807, 2.05) is 0 Å². The zero-order valence-electron chi connectivity index (χ0n) is 14.5. The molecule has 6 atom stereocenters. The fraction of sp³-hybridized carbons (Fsp3) is 0.524. The van der Waals surface area contributed by atoms with Crippen molar-refractivity contribution in [2.45, 2.75) is 33.1 Å². The highest BCUT2D eigenvalue weighted by atomic mass is 79.9. The van der Waals surface area contributed by atoms with Gasteiger partial charge in [-0.05, 0) is 66.2 Å². The van der Waals surface area contributed by atoms with Crippen LogP contribution in [0.25, 0.3) is 0 Å². The van der Waals surface area contributed by atoms with Crippen LogP contribution in [0.1, 0.15) is 31.4 Å². The number of anilines is 1. The molecule has 3 fully saturated rings. The van der Waals surface area contributed by atoms with E-state index in [0.717, 1.165) is 34.1 Å². The SMILES string of the molecule is CCc1cc(Br)cc(CC)c1N1C(=O)[C@@H]2[C@H]3C=C[C@@H]([C@@H]4C[C@@H]34)[C@H]2C1=O. The van der Waals surface area contributed by atoms with Crippen LogP contribution in [0, 0.1) is 35.5 Å². The second-order valence-electron chi connectivity index (χ2n) is 7.95. The number of benzene rings is 1. The van der Waals surface area contributed by atoms with Crippen LogP contribution in [0.2, 0.25) is 0 Å². The maximum atomic E-state index is 13.4. The lowest BCUT2D eigenvalue weighted by Gasteiger charge is -2.37. The van der Waals surface area contributed by atoms with Gasteiger partial charge in [0.25, 0.3) is 0 Å². The van der Waals surface area contributed by atoms with Crippen molar-refractivity contribution in [1.29, 1.82) is 0 Å². The highest BCUT2D eigenvalue weighted by Crippen LogP contribution is 2.65. The molecule has 25 heavy (non-hydrogen) atoms. The Labute approximate surface area is 156 Å². The summed E-state index contributed by atoms with van der Waals surface area (Å²) >= 11 is 3.57. The van der Waals surface area contributed by atoms with Gasteiger partial charge in [0.1, 0.15) is 0 Å². The van der Waals surface area contributed by atoms with Gasteiger partial charge in [0.15, 0.2) is 0 Å². The summed E-state index contributed by atoms with van der Waals surface area (Å²) < 4.78 is 1.02. The second-order valence-corrected chi connectivity index (χ2v) is 8.86. The molecule has 2 bridgehead atoms. The Hall–Kier alpha value is -1.42. The molecule has 0 aromatic heterocycles. The third kappa shape index (κ3) is 1.98. The maximum Gasteiger partial charge on any atom is 0.238 e. The van der Waals surface area contributed by atoms with E-state index in [1.165, 1.54) is 6.42 Å². The summed E-state index contributed by atoms with van der Waals surface area (Å²) in [5, 5.41) is 0. The number of amides is 2. The molecular weight excluding hydrogens is 378 g/mol. The predicted molar refractivity (Wildman–Crippen MR) is 100 cm³/mol. The molecule has 6 rings (SSSR count). The average Bonchev–Trinajstić information content (AvgIpc) is 3.39. The van der Waals surface area contributed by atoms with E-state index in [-0.39, 0.29) is 35.5 Å². The molecule has 2 amide bonds. The van der Waals surface area contributed by atoms with Crippen molar-refractivity contribution in [3.63, 3.8) is 0 Å². The number of hydrogen-bond donors (Lipinski definition) is 0. The van der Waals surface area contributed by atoms with Crippen molar-refractivity contribution >= 4 is 33.4 Å². The summed E-state index contributed by atoms with van der Waals surface area (Å²) in [6, 6.07) is 4.11. The highest BCUT2D eigenvalue weighted by Gasteiger charge is 2.67. The van der Waals surface area contributed by atoms with Crippen LogP contribution in [0.5, 0.6) is 0 Å². The molecule has 1 heterocycles. The fourth-order valence-electron chi connectivity index (χ4n) is 5.72. The van der Waals surface area contributed by atoms with E-state index in [0.29, 0.717) is 11.8 Å². The smallest absolute Gasteiger partial charge is 0.238 e. The number of hydrogen-bond acceptors (Lipinski definition) is 2. The molecule has 0 spiro atoms. The largest absolute Gasteiger partial charge is 0.274 e. The summed E-state index contributed by atoms with van der Waals surface area (Å²) in [5.41, 5.74) is 3.03. The topological polar surface area (TPSA) is 37.4 Å². The molecule has 130 valence electrons. The Morgan fingerprint density at radius 3 is 1.88 bits per heavy atom. The molecule has 1 saturated heterocycles. The van der Waals surface area contributed by atoms with Gasteiger partial charge >= 0.3 is 0 Å². The van der Waals surface area contributed by atoms with Gasteiger partial charge in [0.05, 0.1) is 17.5 Å². The molecule has 3 nitrogen and oxygen atoms in total. The first-order valence-electron chi connectivity index (χ1n) is 9.44. The Bertz CT molecular complexity index is 768. The van der Waals surface area contributed by atoms with Gasteiger partial charge < -0.3 is 0 Å².